The number of aliphatic imine (C=N–C) groups is 1. The monoisotopic (exact) mass is 442 g/mol. The van der Waals surface area contributed by atoms with Crippen LogP contribution in [0.25, 0.3) is 0 Å². The number of ether oxygens (including phenoxy) is 1. The van der Waals surface area contributed by atoms with Crippen LogP contribution in [0.4, 0.5) is 5.69 Å². The predicted octanol–water partition coefficient (Wildman–Crippen LogP) is 4.38. The third kappa shape index (κ3) is 14.0. The number of hydrogen-bond acceptors (Lipinski definition) is 6. The van der Waals surface area contributed by atoms with Gasteiger partial charge in [-0.3, -0.25) is 0 Å². The second-order valence-electron chi connectivity index (χ2n) is 5.06. The maximum absolute atomic E-state index is 10.1. The van der Waals surface area contributed by atoms with E-state index in [1.54, 1.807) is 30.5 Å². The first-order valence-electron chi connectivity index (χ1n) is 8.10. The Balaban J connectivity index is 0.000000681. The van der Waals surface area contributed by atoms with Crippen LogP contribution >= 0.6 is 34.8 Å². The van der Waals surface area contributed by atoms with E-state index in [1.807, 2.05) is 24.3 Å². The van der Waals surface area contributed by atoms with E-state index in [-0.39, 0.29) is 0 Å². The van der Waals surface area contributed by atoms with Gasteiger partial charge in [-0.25, -0.2) is 4.79 Å². The summed E-state index contributed by atoms with van der Waals surface area (Å²) in [7, 11) is 0. The second kappa shape index (κ2) is 17.0. The molecule has 28 heavy (non-hydrogen) atoms. The van der Waals surface area contributed by atoms with E-state index in [4.69, 9.17) is 56.3 Å². The average molecular weight is 444 g/mol. The third-order valence-corrected chi connectivity index (χ3v) is 3.01. The Morgan fingerprint density at radius 2 is 1.43 bits per heavy atom. The van der Waals surface area contributed by atoms with Gasteiger partial charge in [0, 0.05) is 0 Å². The Hall–Kier alpha value is -2.10. The summed E-state index contributed by atoms with van der Waals surface area (Å²) in [5.74, 6) is 0.530. The summed E-state index contributed by atoms with van der Waals surface area (Å²) in [6.45, 7) is 1.44. The van der Waals surface area contributed by atoms with E-state index in [0.29, 0.717) is 11.4 Å². The molecule has 150 valence electrons. The van der Waals surface area contributed by atoms with Crippen LogP contribution < -0.4 is 16.2 Å². The highest BCUT2D eigenvalue weighted by atomic mass is 35.6. The van der Waals surface area contributed by atoms with Crippen molar-refractivity contribution in [1.82, 2.24) is 0 Å². The first kappa shape index (κ1) is 25.9. The second-order valence-corrected chi connectivity index (χ2v) is 7.04. The fraction of sp³-hybridized carbons (Fsp3) is 0.263. The van der Waals surface area contributed by atoms with Crippen molar-refractivity contribution >= 4 is 46.6 Å². The van der Waals surface area contributed by atoms with E-state index in [0.717, 1.165) is 37.1 Å². The molecule has 0 spiro atoms. The van der Waals surface area contributed by atoms with Gasteiger partial charge in [-0.05, 0) is 61.3 Å². The van der Waals surface area contributed by atoms with E-state index >= 15 is 0 Å². The molecule has 0 aliphatic heterocycles. The number of nitrogens with two attached hydrogens (primary N) is 2. The highest BCUT2D eigenvalue weighted by Gasteiger charge is 1.98. The Labute approximate surface area is 179 Å². The van der Waals surface area contributed by atoms with Crippen LogP contribution in [-0.4, -0.2) is 23.5 Å². The number of rotatable bonds is 6. The van der Waals surface area contributed by atoms with E-state index in [9.17, 15) is 4.79 Å². The molecular weight excluding hydrogens is 423 g/mol. The van der Waals surface area contributed by atoms with Gasteiger partial charge in [-0.15, -0.1) is 5.26 Å². The Morgan fingerprint density at radius 1 is 0.964 bits per heavy atom. The zero-order valence-corrected chi connectivity index (χ0v) is 17.3. The molecule has 0 saturated heterocycles. The predicted molar refractivity (Wildman–Crippen MR) is 114 cm³/mol. The molecule has 0 fully saturated rings. The Morgan fingerprint density at radius 3 is 1.79 bits per heavy atom. The molecule has 0 aliphatic carbocycles. The highest BCUT2D eigenvalue weighted by Crippen LogP contribution is 2.17. The topological polar surface area (TPSA) is 114 Å². The largest absolute Gasteiger partial charge is 0.388 e. The number of halogens is 3. The minimum absolute atomic E-state index is 0.530. The standard InChI is InChI=1S/C15H10N2O2.C3H10N2.CHCl3/c16-10-19-15-7-3-13(4-8-15)9-12-1-5-14(6-2-12)17-11-18;4-2-1-3-5;2-1(3)4/h1-8H,9H2;1-5H2;1H. The fourth-order valence-corrected chi connectivity index (χ4v) is 1.82. The lowest BCUT2D eigenvalue weighted by Crippen LogP contribution is -2.06. The molecule has 0 aromatic heterocycles. The normalized spacial score (nSPS) is 9.04. The average Bonchev–Trinajstić information content (AvgIpc) is 2.66. The first-order chi connectivity index (χ1) is 13.5. The molecule has 2 aromatic carbocycles. The number of nitrogens with zero attached hydrogens (tertiary/aromatic N) is 2. The molecule has 0 saturated carbocycles. The van der Waals surface area contributed by atoms with Crippen molar-refractivity contribution < 1.29 is 9.53 Å². The smallest absolute Gasteiger partial charge is 0.292 e. The summed E-state index contributed by atoms with van der Waals surface area (Å²) in [4.78, 5) is 13.6. The van der Waals surface area contributed by atoms with E-state index < -0.39 is 4.30 Å². The Kier molecular flexibility index (Phi) is 15.8. The summed E-state index contributed by atoms with van der Waals surface area (Å²) in [5, 5.41) is 8.39. The van der Waals surface area contributed by atoms with Crippen molar-refractivity contribution in [3.63, 3.8) is 0 Å². The highest BCUT2D eigenvalue weighted by molar-refractivity contribution is 6.63. The van der Waals surface area contributed by atoms with Gasteiger partial charge in [0.1, 0.15) is 5.75 Å². The summed E-state index contributed by atoms with van der Waals surface area (Å²) in [5.41, 5.74) is 12.9. The number of carbonyl (C=O) groups excluding carboxylic acids is 1. The van der Waals surface area contributed by atoms with Crippen molar-refractivity contribution in [3.8, 4) is 12.0 Å². The lowest BCUT2D eigenvalue weighted by Gasteiger charge is -2.03. The zero-order chi connectivity index (χ0) is 21.2. The van der Waals surface area contributed by atoms with E-state index in [2.05, 4.69) is 4.99 Å². The lowest BCUT2D eigenvalue weighted by molar-refractivity contribution is 0.507. The van der Waals surface area contributed by atoms with Gasteiger partial charge in [0.25, 0.3) is 6.26 Å². The molecule has 0 unspecified atom stereocenters. The first-order valence-corrected chi connectivity index (χ1v) is 9.41. The molecule has 9 heteroatoms. The van der Waals surface area contributed by atoms with Gasteiger partial charge in [-0.2, -0.15) is 4.99 Å². The molecule has 0 heterocycles. The van der Waals surface area contributed by atoms with Gasteiger partial charge in [0.05, 0.1) is 5.69 Å². The van der Waals surface area contributed by atoms with Crippen LogP contribution in [0.1, 0.15) is 17.5 Å². The van der Waals surface area contributed by atoms with Crippen LogP contribution in [0.3, 0.4) is 0 Å². The SMILES string of the molecule is ClC(Cl)Cl.N#COc1ccc(Cc2ccc(N=C=O)cc2)cc1.NCCCN. The molecule has 0 bridgehead atoms. The van der Waals surface area contributed by atoms with Gasteiger partial charge < -0.3 is 16.2 Å². The maximum atomic E-state index is 10.1. The van der Waals surface area contributed by atoms with Gasteiger partial charge in [0.2, 0.25) is 6.08 Å². The molecule has 0 radical (unpaired) electrons. The van der Waals surface area contributed by atoms with Crippen molar-refractivity contribution in [2.45, 2.75) is 17.1 Å². The van der Waals surface area contributed by atoms with Crippen molar-refractivity contribution in [2.24, 2.45) is 16.5 Å². The third-order valence-electron chi connectivity index (χ3n) is 3.01. The minimum Gasteiger partial charge on any atom is -0.388 e. The van der Waals surface area contributed by atoms with Gasteiger partial charge in [0.15, 0.2) is 4.30 Å². The number of benzene rings is 2. The van der Waals surface area contributed by atoms with Crippen LogP contribution in [0.2, 0.25) is 0 Å². The van der Waals surface area contributed by atoms with Crippen LogP contribution in [-0.2, 0) is 11.2 Å². The molecule has 6 nitrogen and oxygen atoms in total. The summed E-state index contributed by atoms with van der Waals surface area (Å²) < 4.78 is 3.96. The van der Waals surface area contributed by atoms with Crippen molar-refractivity contribution in [3.05, 3.63) is 59.7 Å². The maximum Gasteiger partial charge on any atom is 0.292 e. The minimum atomic E-state index is -0.750. The number of alkyl halides is 3. The fourth-order valence-electron chi connectivity index (χ4n) is 1.82. The summed E-state index contributed by atoms with van der Waals surface area (Å²) in [6.07, 6.45) is 4.84. The number of nitriles is 1. The van der Waals surface area contributed by atoms with Gasteiger partial charge in [-0.1, -0.05) is 59.1 Å². The quantitative estimate of drug-likeness (QED) is 0.297. The Bertz CT molecular complexity index is 737. The lowest BCUT2D eigenvalue weighted by atomic mass is 10.0. The molecule has 2 aromatic rings. The molecule has 0 atom stereocenters. The van der Waals surface area contributed by atoms with Gasteiger partial charge >= 0.3 is 0 Å². The van der Waals surface area contributed by atoms with E-state index in [1.165, 1.54) is 6.08 Å². The van der Waals surface area contributed by atoms with Crippen LogP contribution in [0.15, 0.2) is 53.5 Å². The molecule has 0 amide bonds. The van der Waals surface area contributed by atoms with Crippen LogP contribution in [0, 0.1) is 11.5 Å². The molecule has 2 rings (SSSR count). The number of isocyanates is 1. The van der Waals surface area contributed by atoms with Crippen molar-refractivity contribution in [1.29, 1.82) is 5.26 Å². The van der Waals surface area contributed by atoms with Crippen LogP contribution in [0.5, 0.6) is 5.75 Å². The molecule has 4 N–H and O–H groups in total. The number of hydrogen-bond donors (Lipinski definition) is 2. The molecule has 0 aliphatic rings. The van der Waals surface area contributed by atoms with Crippen molar-refractivity contribution in [2.75, 3.05) is 13.1 Å². The molecular formula is C19H21Cl3N4O2. The summed E-state index contributed by atoms with van der Waals surface area (Å²) in [6, 6.07) is 14.7. The zero-order valence-electron chi connectivity index (χ0n) is 15.0. The summed E-state index contributed by atoms with van der Waals surface area (Å²) >= 11 is 14.4.